The molecule has 7 heteroatoms. The lowest BCUT2D eigenvalue weighted by atomic mass is 9.94. The molecule has 1 N–H and O–H groups in total. The first-order valence-corrected chi connectivity index (χ1v) is 9.09. The Morgan fingerprint density at radius 1 is 1.16 bits per heavy atom. The summed E-state index contributed by atoms with van der Waals surface area (Å²) in [5, 5.41) is 2.86. The van der Waals surface area contributed by atoms with Crippen LogP contribution in [0.1, 0.15) is 34.5 Å². The predicted molar refractivity (Wildman–Crippen MR) is 92.6 cm³/mol. The maximum atomic E-state index is 13.0. The summed E-state index contributed by atoms with van der Waals surface area (Å²) in [5.74, 6) is -0.269. The van der Waals surface area contributed by atoms with Crippen LogP contribution in [0.5, 0.6) is 0 Å². The van der Waals surface area contributed by atoms with Gasteiger partial charge in [-0.2, -0.15) is 0 Å². The SMILES string of the molecule is Cn1c2c(cc(C(=O)N3CCN4CCNC(=O)[C@H]4C3)c1=O)CCCC2. The molecule has 3 aliphatic rings. The van der Waals surface area contributed by atoms with E-state index in [4.69, 9.17) is 0 Å². The van der Waals surface area contributed by atoms with E-state index in [1.54, 1.807) is 22.6 Å². The lowest BCUT2D eigenvalue weighted by Crippen LogP contribution is -2.64. The van der Waals surface area contributed by atoms with Gasteiger partial charge in [0.2, 0.25) is 5.91 Å². The van der Waals surface area contributed by atoms with Gasteiger partial charge in [-0.25, -0.2) is 0 Å². The van der Waals surface area contributed by atoms with E-state index in [1.807, 2.05) is 0 Å². The van der Waals surface area contributed by atoms with E-state index in [2.05, 4.69) is 10.2 Å². The summed E-state index contributed by atoms with van der Waals surface area (Å²) in [6.07, 6.45) is 4.01. The highest BCUT2D eigenvalue weighted by Crippen LogP contribution is 2.21. The number of hydrogen-bond donors (Lipinski definition) is 1. The smallest absolute Gasteiger partial charge is 0.263 e. The number of nitrogens with one attached hydrogen (secondary N) is 1. The third-order valence-corrected chi connectivity index (χ3v) is 5.75. The molecular formula is C18H24N4O3. The van der Waals surface area contributed by atoms with Crippen LogP contribution < -0.4 is 10.9 Å². The predicted octanol–water partition coefficient (Wildman–Crippen LogP) is -0.480. The van der Waals surface area contributed by atoms with Gasteiger partial charge in [-0.15, -0.1) is 0 Å². The first kappa shape index (κ1) is 16.3. The number of piperazine rings is 2. The molecule has 3 heterocycles. The summed E-state index contributed by atoms with van der Waals surface area (Å²) in [4.78, 5) is 41.6. The third kappa shape index (κ3) is 2.76. The second-order valence-corrected chi connectivity index (χ2v) is 7.20. The Kier molecular flexibility index (Phi) is 4.11. The summed E-state index contributed by atoms with van der Waals surface area (Å²) in [7, 11) is 1.76. The second kappa shape index (κ2) is 6.29. The topological polar surface area (TPSA) is 74.7 Å². The standard InChI is InChI=1S/C18H24N4O3/c1-20-14-5-3-2-4-12(14)10-13(17(20)24)18(25)22-9-8-21-7-6-19-16(23)15(21)11-22/h10,15H,2-9,11H2,1H3,(H,19,23)/t15-/m1/s1. The summed E-state index contributed by atoms with van der Waals surface area (Å²) in [6, 6.07) is 1.50. The number of amides is 2. The molecule has 0 unspecified atom stereocenters. The van der Waals surface area contributed by atoms with Gasteiger partial charge < -0.3 is 14.8 Å². The second-order valence-electron chi connectivity index (χ2n) is 7.20. The van der Waals surface area contributed by atoms with Gasteiger partial charge in [0, 0.05) is 45.5 Å². The molecule has 7 nitrogen and oxygen atoms in total. The molecule has 0 radical (unpaired) electrons. The van der Waals surface area contributed by atoms with E-state index in [0.717, 1.165) is 43.5 Å². The number of pyridine rings is 1. The van der Waals surface area contributed by atoms with Gasteiger partial charge in [-0.3, -0.25) is 19.3 Å². The summed E-state index contributed by atoms with van der Waals surface area (Å²) < 4.78 is 1.64. The van der Waals surface area contributed by atoms with Crippen molar-refractivity contribution in [2.24, 2.45) is 7.05 Å². The van der Waals surface area contributed by atoms with Crippen LogP contribution in [0, 0.1) is 0 Å². The largest absolute Gasteiger partial charge is 0.353 e. The lowest BCUT2D eigenvalue weighted by molar-refractivity contribution is -0.131. The monoisotopic (exact) mass is 344 g/mol. The van der Waals surface area contributed by atoms with Crippen LogP contribution >= 0.6 is 0 Å². The Balaban J connectivity index is 1.62. The Labute approximate surface area is 146 Å². The van der Waals surface area contributed by atoms with E-state index in [1.165, 1.54) is 0 Å². The molecule has 25 heavy (non-hydrogen) atoms. The molecule has 2 amide bonds. The molecule has 0 aromatic carbocycles. The van der Waals surface area contributed by atoms with Crippen LogP contribution in [0.3, 0.4) is 0 Å². The molecule has 1 aliphatic carbocycles. The number of aryl methyl sites for hydroxylation is 1. The highest BCUT2D eigenvalue weighted by molar-refractivity contribution is 5.95. The van der Waals surface area contributed by atoms with Crippen molar-refractivity contribution in [2.75, 3.05) is 32.7 Å². The van der Waals surface area contributed by atoms with Crippen molar-refractivity contribution in [3.8, 4) is 0 Å². The van der Waals surface area contributed by atoms with Crippen LogP contribution in [-0.2, 0) is 24.7 Å². The summed E-state index contributed by atoms with van der Waals surface area (Å²) in [6.45, 7) is 3.07. The summed E-state index contributed by atoms with van der Waals surface area (Å²) in [5.41, 5.74) is 2.20. The maximum absolute atomic E-state index is 13.0. The molecule has 4 rings (SSSR count). The number of carbonyl (C=O) groups excluding carboxylic acids is 2. The van der Waals surface area contributed by atoms with Gasteiger partial charge in [-0.1, -0.05) is 0 Å². The summed E-state index contributed by atoms with van der Waals surface area (Å²) >= 11 is 0. The highest BCUT2D eigenvalue weighted by atomic mass is 16.2. The van der Waals surface area contributed by atoms with Crippen molar-refractivity contribution in [1.29, 1.82) is 0 Å². The van der Waals surface area contributed by atoms with Gasteiger partial charge >= 0.3 is 0 Å². The Morgan fingerprint density at radius 2 is 1.96 bits per heavy atom. The van der Waals surface area contributed by atoms with E-state index < -0.39 is 0 Å². The van der Waals surface area contributed by atoms with Crippen molar-refractivity contribution in [3.05, 3.63) is 33.2 Å². The van der Waals surface area contributed by atoms with E-state index in [0.29, 0.717) is 26.2 Å². The number of nitrogens with zero attached hydrogens (tertiary/aromatic N) is 3. The van der Waals surface area contributed by atoms with E-state index in [9.17, 15) is 14.4 Å². The first-order chi connectivity index (χ1) is 12.1. The Hall–Kier alpha value is -2.15. The normalized spacial score (nSPS) is 23.6. The minimum Gasteiger partial charge on any atom is -0.353 e. The van der Waals surface area contributed by atoms with Crippen molar-refractivity contribution in [1.82, 2.24) is 19.7 Å². The maximum Gasteiger partial charge on any atom is 0.263 e. The van der Waals surface area contributed by atoms with Crippen molar-refractivity contribution in [3.63, 3.8) is 0 Å². The van der Waals surface area contributed by atoms with Gasteiger partial charge in [-0.05, 0) is 37.3 Å². The molecule has 2 aliphatic heterocycles. The fourth-order valence-corrected chi connectivity index (χ4v) is 4.28. The van der Waals surface area contributed by atoms with Crippen LogP contribution in [-0.4, -0.2) is 64.9 Å². The van der Waals surface area contributed by atoms with Crippen LogP contribution in [0.4, 0.5) is 0 Å². The zero-order valence-corrected chi connectivity index (χ0v) is 14.6. The number of aromatic nitrogens is 1. The van der Waals surface area contributed by atoms with Crippen LogP contribution in [0.15, 0.2) is 10.9 Å². The lowest BCUT2D eigenvalue weighted by Gasteiger charge is -2.43. The van der Waals surface area contributed by atoms with Gasteiger partial charge in [0.1, 0.15) is 11.6 Å². The van der Waals surface area contributed by atoms with Crippen molar-refractivity contribution >= 4 is 11.8 Å². The first-order valence-electron chi connectivity index (χ1n) is 9.09. The fraction of sp³-hybridized carbons (Fsp3) is 0.611. The van der Waals surface area contributed by atoms with Gasteiger partial charge in [0.25, 0.3) is 11.5 Å². The molecular weight excluding hydrogens is 320 g/mol. The minimum atomic E-state index is -0.298. The molecule has 0 bridgehead atoms. The van der Waals surface area contributed by atoms with Gasteiger partial charge in [0.05, 0.1) is 0 Å². The quantitative estimate of drug-likeness (QED) is 0.747. The Bertz CT molecular complexity index is 785. The number of fused-ring (bicyclic) bond motifs is 2. The molecule has 2 saturated heterocycles. The zero-order valence-electron chi connectivity index (χ0n) is 14.6. The fourth-order valence-electron chi connectivity index (χ4n) is 4.28. The highest BCUT2D eigenvalue weighted by Gasteiger charge is 2.37. The Morgan fingerprint density at radius 3 is 2.80 bits per heavy atom. The van der Waals surface area contributed by atoms with E-state index in [-0.39, 0.29) is 29.0 Å². The molecule has 0 saturated carbocycles. The molecule has 134 valence electrons. The third-order valence-electron chi connectivity index (χ3n) is 5.75. The number of hydrogen-bond acceptors (Lipinski definition) is 4. The molecule has 1 aromatic heterocycles. The average Bonchev–Trinajstić information content (AvgIpc) is 2.64. The minimum absolute atomic E-state index is 0.0258. The molecule has 0 spiro atoms. The average molecular weight is 344 g/mol. The van der Waals surface area contributed by atoms with Gasteiger partial charge in [0.15, 0.2) is 0 Å². The van der Waals surface area contributed by atoms with Crippen LogP contribution in [0.25, 0.3) is 0 Å². The number of carbonyl (C=O) groups is 2. The van der Waals surface area contributed by atoms with Crippen molar-refractivity contribution < 1.29 is 9.59 Å². The van der Waals surface area contributed by atoms with E-state index >= 15 is 0 Å². The molecule has 2 fully saturated rings. The zero-order chi connectivity index (χ0) is 17.6. The molecule has 1 aromatic rings. The molecule has 1 atom stereocenters. The van der Waals surface area contributed by atoms with Crippen molar-refractivity contribution in [2.45, 2.75) is 31.7 Å². The van der Waals surface area contributed by atoms with Crippen LogP contribution in [0.2, 0.25) is 0 Å². The number of rotatable bonds is 1.